The second-order valence-electron chi connectivity index (χ2n) is 8.64. The fourth-order valence-electron chi connectivity index (χ4n) is 3.91. The minimum Gasteiger partial charge on any atom is -0.494 e. The average molecular weight is 495 g/mol. The number of aliphatic imine (C=N–C) groups is 1. The Kier molecular flexibility index (Phi) is 8.41. The van der Waals surface area contributed by atoms with Crippen molar-refractivity contribution in [2.45, 2.75) is 37.9 Å². The molecule has 2 aromatic carbocycles. The summed E-state index contributed by atoms with van der Waals surface area (Å²) in [5.74, 6) is 0.144. The summed E-state index contributed by atoms with van der Waals surface area (Å²) in [5.41, 5.74) is 2.23. The number of nitrogens with zero attached hydrogens (tertiary/aromatic N) is 2. The lowest BCUT2D eigenvalue weighted by atomic mass is 10.2. The van der Waals surface area contributed by atoms with Crippen molar-refractivity contribution in [3.8, 4) is 5.75 Å². The number of carbonyl (C=O) groups excluding carboxylic acids is 3. The molecule has 2 aromatic rings. The van der Waals surface area contributed by atoms with Gasteiger partial charge in [0.15, 0.2) is 5.17 Å². The number of hydrogen-bond acceptors (Lipinski definition) is 6. The average Bonchev–Trinajstić information content (AvgIpc) is 3.49. The molecule has 4 rings (SSSR count). The molecule has 9 heteroatoms. The summed E-state index contributed by atoms with van der Waals surface area (Å²) in [6, 6.07) is 14.5. The van der Waals surface area contributed by atoms with Crippen LogP contribution in [0.4, 0.5) is 5.69 Å². The minimum absolute atomic E-state index is 0.0667. The Balaban J connectivity index is 1.16. The third kappa shape index (κ3) is 7.08. The summed E-state index contributed by atoms with van der Waals surface area (Å²) in [4.78, 5) is 43.3. The third-order valence-electron chi connectivity index (χ3n) is 5.77. The van der Waals surface area contributed by atoms with Crippen LogP contribution in [0.25, 0.3) is 0 Å². The van der Waals surface area contributed by atoms with E-state index in [-0.39, 0.29) is 24.1 Å². The monoisotopic (exact) mass is 494 g/mol. The van der Waals surface area contributed by atoms with Crippen LogP contribution in [0.5, 0.6) is 5.75 Å². The lowest BCUT2D eigenvalue weighted by Gasteiger charge is -2.16. The molecule has 0 bridgehead atoms. The van der Waals surface area contributed by atoms with Crippen LogP contribution in [0.1, 0.15) is 41.6 Å². The second-order valence-corrected chi connectivity index (χ2v) is 9.81. The van der Waals surface area contributed by atoms with Crippen LogP contribution >= 0.6 is 11.8 Å². The highest BCUT2D eigenvalue weighted by atomic mass is 32.2. The molecule has 3 amide bonds. The molecular formula is C26H30N4O4S. The second kappa shape index (κ2) is 11.9. The molecule has 2 aliphatic heterocycles. The van der Waals surface area contributed by atoms with Gasteiger partial charge in [0.1, 0.15) is 11.0 Å². The highest BCUT2D eigenvalue weighted by molar-refractivity contribution is 8.15. The molecule has 1 fully saturated rings. The molecule has 2 N–H and O–H groups in total. The molecule has 0 aromatic heterocycles. The summed E-state index contributed by atoms with van der Waals surface area (Å²) in [7, 11) is 0. The third-order valence-corrected chi connectivity index (χ3v) is 6.99. The van der Waals surface area contributed by atoms with Gasteiger partial charge >= 0.3 is 0 Å². The van der Waals surface area contributed by atoms with E-state index in [0.29, 0.717) is 30.8 Å². The zero-order valence-electron chi connectivity index (χ0n) is 19.8. The number of amidine groups is 1. The van der Waals surface area contributed by atoms with Crippen LogP contribution < -0.4 is 15.4 Å². The molecule has 0 aliphatic carbocycles. The Labute approximate surface area is 209 Å². The molecule has 0 spiro atoms. The lowest BCUT2D eigenvalue weighted by Crippen LogP contribution is -2.26. The first-order chi connectivity index (χ1) is 17.0. The normalized spacial score (nSPS) is 17.3. The minimum atomic E-state index is -0.481. The molecule has 0 saturated carbocycles. The predicted octanol–water partition coefficient (Wildman–Crippen LogP) is 3.62. The van der Waals surface area contributed by atoms with E-state index >= 15 is 0 Å². The van der Waals surface area contributed by atoms with E-state index in [2.05, 4.69) is 20.5 Å². The number of amides is 3. The van der Waals surface area contributed by atoms with Crippen molar-refractivity contribution >= 4 is 40.3 Å². The van der Waals surface area contributed by atoms with Crippen molar-refractivity contribution < 1.29 is 19.1 Å². The Hall–Kier alpha value is -3.33. The first kappa shape index (κ1) is 24.8. The van der Waals surface area contributed by atoms with Crippen molar-refractivity contribution in [1.82, 2.24) is 10.2 Å². The molecule has 35 heavy (non-hydrogen) atoms. The Morgan fingerprint density at radius 1 is 1.14 bits per heavy atom. The molecule has 0 radical (unpaired) electrons. The van der Waals surface area contributed by atoms with Crippen molar-refractivity contribution in [3.63, 3.8) is 0 Å². The van der Waals surface area contributed by atoms with Crippen LogP contribution in [-0.4, -0.2) is 59.3 Å². The number of hydrogen-bond donors (Lipinski definition) is 2. The molecule has 8 nitrogen and oxygen atoms in total. The molecule has 184 valence electrons. The van der Waals surface area contributed by atoms with Gasteiger partial charge in [0.05, 0.1) is 6.61 Å². The summed E-state index contributed by atoms with van der Waals surface area (Å²) in [6.45, 7) is 4.86. The van der Waals surface area contributed by atoms with E-state index < -0.39 is 5.25 Å². The maximum atomic E-state index is 12.5. The van der Waals surface area contributed by atoms with Gasteiger partial charge in [-0.25, -0.2) is 0 Å². The first-order valence-electron chi connectivity index (χ1n) is 11.9. The van der Waals surface area contributed by atoms with Gasteiger partial charge in [-0.3, -0.25) is 14.4 Å². The maximum absolute atomic E-state index is 12.5. The van der Waals surface area contributed by atoms with Crippen LogP contribution in [-0.2, 0) is 9.59 Å². The van der Waals surface area contributed by atoms with Gasteiger partial charge in [0.25, 0.3) is 11.8 Å². The number of thioether (sulfide) groups is 1. The molecule has 2 aliphatic rings. The van der Waals surface area contributed by atoms with Gasteiger partial charge in [0, 0.05) is 37.3 Å². The van der Waals surface area contributed by atoms with E-state index in [4.69, 9.17) is 4.74 Å². The molecule has 1 unspecified atom stereocenters. The van der Waals surface area contributed by atoms with E-state index in [1.807, 2.05) is 31.2 Å². The Morgan fingerprint density at radius 3 is 2.66 bits per heavy atom. The van der Waals surface area contributed by atoms with E-state index in [9.17, 15) is 14.4 Å². The SMILES string of the molecule is Cc1cccc(OCCCNC(=O)c2ccc(NC(=O)CC3SC(N4CCCC4)=NC3=O)cc2)c1. The smallest absolute Gasteiger partial charge is 0.262 e. The van der Waals surface area contributed by atoms with Crippen molar-refractivity contribution in [2.24, 2.45) is 4.99 Å². The summed E-state index contributed by atoms with van der Waals surface area (Å²) < 4.78 is 5.69. The summed E-state index contributed by atoms with van der Waals surface area (Å²) in [5, 5.41) is 5.93. The first-order valence-corrected chi connectivity index (χ1v) is 12.8. The summed E-state index contributed by atoms with van der Waals surface area (Å²) >= 11 is 1.38. The quantitative estimate of drug-likeness (QED) is 0.517. The Morgan fingerprint density at radius 2 is 1.91 bits per heavy atom. The number of aryl methyl sites for hydroxylation is 1. The van der Waals surface area contributed by atoms with Gasteiger partial charge < -0.3 is 20.3 Å². The van der Waals surface area contributed by atoms with Gasteiger partial charge in [-0.15, -0.1) is 0 Å². The van der Waals surface area contributed by atoms with Gasteiger partial charge in [0.2, 0.25) is 5.91 Å². The molecular weight excluding hydrogens is 464 g/mol. The number of rotatable bonds is 9. The van der Waals surface area contributed by atoms with E-state index in [0.717, 1.165) is 42.4 Å². The maximum Gasteiger partial charge on any atom is 0.262 e. The highest BCUT2D eigenvalue weighted by Crippen LogP contribution is 2.29. The fourth-order valence-corrected chi connectivity index (χ4v) is 5.03. The largest absolute Gasteiger partial charge is 0.494 e. The standard InChI is InChI=1S/C26H30N4O4S/c1-18-6-4-7-21(16-18)34-15-5-12-27-24(32)19-8-10-20(11-9-19)28-23(31)17-22-25(33)29-26(35-22)30-13-2-3-14-30/h4,6-11,16,22H,2-3,5,12-15,17H2,1H3,(H,27,32)(H,28,31). The van der Waals surface area contributed by atoms with Crippen molar-refractivity contribution in [2.75, 3.05) is 31.6 Å². The van der Waals surface area contributed by atoms with E-state index in [1.54, 1.807) is 24.3 Å². The molecule has 2 heterocycles. The van der Waals surface area contributed by atoms with Crippen molar-refractivity contribution in [3.05, 3.63) is 59.7 Å². The number of likely N-dealkylation sites (tertiary alicyclic amines) is 1. The number of benzene rings is 2. The van der Waals surface area contributed by atoms with Crippen LogP contribution in [0.3, 0.4) is 0 Å². The number of nitrogens with one attached hydrogen (secondary N) is 2. The van der Waals surface area contributed by atoms with Gasteiger partial charge in [-0.2, -0.15) is 4.99 Å². The summed E-state index contributed by atoms with van der Waals surface area (Å²) in [6.07, 6.45) is 2.97. The number of anilines is 1. The zero-order valence-corrected chi connectivity index (χ0v) is 20.6. The van der Waals surface area contributed by atoms with Gasteiger partial charge in [-0.05, 0) is 68.1 Å². The fraction of sp³-hybridized carbons (Fsp3) is 0.385. The number of ether oxygens (including phenoxy) is 1. The van der Waals surface area contributed by atoms with Crippen LogP contribution in [0, 0.1) is 6.92 Å². The van der Waals surface area contributed by atoms with Crippen LogP contribution in [0.15, 0.2) is 53.5 Å². The molecule has 1 atom stereocenters. The number of carbonyl (C=O) groups is 3. The lowest BCUT2D eigenvalue weighted by molar-refractivity contribution is -0.121. The van der Waals surface area contributed by atoms with E-state index in [1.165, 1.54) is 11.8 Å². The Bertz CT molecular complexity index is 1100. The van der Waals surface area contributed by atoms with Crippen LogP contribution in [0.2, 0.25) is 0 Å². The predicted molar refractivity (Wildman–Crippen MR) is 138 cm³/mol. The zero-order chi connectivity index (χ0) is 24.6. The highest BCUT2D eigenvalue weighted by Gasteiger charge is 2.33. The topological polar surface area (TPSA) is 100 Å². The molecule has 1 saturated heterocycles. The van der Waals surface area contributed by atoms with Crippen molar-refractivity contribution in [1.29, 1.82) is 0 Å². The van der Waals surface area contributed by atoms with Gasteiger partial charge in [-0.1, -0.05) is 23.9 Å².